The molecule has 2 aromatic carbocycles. The average molecular weight is 508 g/mol. The van der Waals surface area contributed by atoms with Crippen molar-refractivity contribution in [1.29, 1.82) is 0 Å². The van der Waals surface area contributed by atoms with E-state index in [1.54, 1.807) is 37.3 Å². The highest BCUT2D eigenvalue weighted by Gasteiger charge is 2.18. The number of ether oxygens (including phenoxy) is 4. The van der Waals surface area contributed by atoms with Crippen LogP contribution in [-0.4, -0.2) is 52.6 Å². The van der Waals surface area contributed by atoms with Gasteiger partial charge in [0.25, 0.3) is 0 Å². The summed E-state index contributed by atoms with van der Waals surface area (Å²) in [6, 6.07) is 8.07. The lowest BCUT2D eigenvalue weighted by Crippen LogP contribution is -2.13. The van der Waals surface area contributed by atoms with Crippen LogP contribution in [0.15, 0.2) is 36.5 Å². The largest absolute Gasteiger partial charge is 0.493 e. The maximum atomic E-state index is 14.6. The number of hydrogen-bond acceptors (Lipinski definition) is 10. The lowest BCUT2D eigenvalue weighted by Gasteiger charge is -2.17. The number of nitrogens with zero attached hydrogens (tertiary/aromatic N) is 2. The minimum absolute atomic E-state index is 0.0572. The van der Waals surface area contributed by atoms with Crippen molar-refractivity contribution in [3.8, 4) is 23.0 Å². The van der Waals surface area contributed by atoms with Gasteiger partial charge in [-0.2, -0.15) is 4.98 Å². The molecule has 0 aliphatic rings. The van der Waals surface area contributed by atoms with E-state index in [-0.39, 0.29) is 28.9 Å². The van der Waals surface area contributed by atoms with E-state index >= 15 is 0 Å². The maximum Gasteiger partial charge on any atom is 0.230 e. The smallest absolute Gasteiger partial charge is 0.230 e. The summed E-state index contributed by atoms with van der Waals surface area (Å²) < 4.78 is 62.3. The number of halogens is 1. The number of methoxy groups -OCH3 is 3. The lowest BCUT2D eigenvalue weighted by atomic mass is 10.2. The lowest BCUT2D eigenvalue weighted by molar-refractivity contribution is 0.324. The van der Waals surface area contributed by atoms with E-state index < -0.39 is 15.8 Å². The van der Waals surface area contributed by atoms with Crippen molar-refractivity contribution < 1.29 is 31.8 Å². The zero-order valence-corrected chi connectivity index (χ0v) is 20.6. The SMILES string of the molecule is CCOc1cccc(Nc2nc(Nc3cc(OC)c(OC)c(OC)c3)ncc2F)c1NS(C)(=O)=O. The van der Waals surface area contributed by atoms with Crippen LogP contribution >= 0.6 is 0 Å². The second-order valence-electron chi connectivity index (χ2n) is 7.04. The highest BCUT2D eigenvalue weighted by Crippen LogP contribution is 2.40. The topological polar surface area (TPSA) is 133 Å². The molecule has 13 heteroatoms. The molecule has 1 aromatic heterocycles. The normalized spacial score (nSPS) is 10.9. The van der Waals surface area contributed by atoms with E-state index in [9.17, 15) is 12.8 Å². The Labute approximate surface area is 202 Å². The highest BCUT2D eigenvalue weighted by atomic mass is 32.2. The molecule has 0 saturated carbocycles. The summed E-state index contributed by atoms with van der Waals surface area (Å²) in [4.78, 5) is 8.16. The Morgan fingerprint density at radius 1 is 1.00 bits per heavy atom. The van der Waals surface area contributed by atoms with Gasteiger partial charge >= 0.3 is 0 Å². The molecule has 0 atom stereocenters. The molecule has 0 fully saturated rings. The molecule has 0 saturated heterocycles. The van der Waals surface area contributed by atoms with Gasteiger partial charge in [-0.1, -0.05) is 6.07 Å². The molecule has 188 valence electrons. The molecule has 3 rings (SSSR count). The van der Waals surface area contributed by atoms with Crippen molar-refractivity contribution in [3.05, 3.63) is 42.3 Å². The first-order valence-corrected chi connectivity index (χ1v) is 12.2. The van der Waals surface area contributed by atoms with Crippen LogP contribution in [0, 0.1) is 5.82 Å². The van der Waals surface area contributed by atoms with E-state index in [0.29, 0.717) is 29.5 Å². The third kappa shape index (κ3) is 6.32. The van der Waals surface area contributed by atoms with Gasteiger partial charge in [-0.25, -0.2) is 17.8 Å². The van der Waals surface area contributed by atoms with Crippen LogP contribution in [0.25, 0.3) is 0 Å². The minimum Gasteiger partial charge on any atom is -0.493 e. The number of hydrogen-bond donors (Lipinski definition) is 3. The van der Waals surface area contributed by atoms with Gasteiger partial charge in [0.1, 0.15) is 11.4 Å². The Morgan fingerprint density at radius 3 is 2.26 bits per heavy atom. The molecule has 0 unspecified atom stereocenters. The fraction of sp³-hybridized carbons (Fsp3) is 0.273. The first-order chi connectivity index (χ1) is 16.7. The molecule has 11 nitrogen and oxygen atoms in total. The van der Waals surface area contributed by atoms with Crippen LogP contribution in [0.5, 0.6) is 23.0 Å². The molecular weight excluding hydrogens is 481 g/mol. The molecule has 35 heavy (non-hydrogen) atoms. The molecule has 0 aliphatic carbocycles. The summed E-state index contributed by atoms with van der Waals surface area (Å²) in [7, 11) is 0.799. The summed E-state index contributed by atoms with van der Waals surface area (Å²) in [6.45, 7) is 2.06. The third-order valence-electron chi connectivity index (χ3n) is 4.53. The molecule has 0 bridgehead atoms. The Kier molecular flexibility index (Phi) is 8.02. The molecular formula is C22H26FN5O6S. The monoisotopic (exact) mass is 507 g/mol. The van der Waals surface area contributed by atoms with Gasteiger partial charge in [0.15, 0.2) is 23.1 Å². The summed E-state index contributed by atoms with van der Waals surface area (Å²) in [5.74, 6) is 0.587. The average Bonchev–Trinajstić information content (AvgIpc) is 2.81. The summed E-state index contributed by atoms with van der Waals surface area (Å²) in [5, 5.41) is 5.77. The maximum absolute atomic E-state index is 14.6. The van der Waals surface area contributed by atoms with Crippen molar-refractivity contribution in [1.82, 2.24) is 9.97 Å². The molecule has 0 spiro atoms. The number of aromatic nitrogens is 2. The predicted molar refractivity (Wildman–Crippen MR) is 131 cm³/mol. The van der Waals surface area contributed by atoms with Gasteiger partial charge in [0, 0.05) is 17.8 Å². The molecule has 0 amide bonds. The third-order valence-corrected chi connectivity index (χ3v) is 5.11. The van der Waals surface area contributed by atoms with Crippen LogP contribution in [0.3, 0.4) is 0 Å². The standard InChI is InChI=1S/C22H26FN5O6S/c1-6-34-16-9-7-8-15(19(16)28-35(5,29)30)26-21-14(23)12-24-22(27-21)25-13-10-17(31-2)20(33-4)18(11-13)32-3/h7-12,28H,6H2,1-5H3,(H2,24,25,26,27). The van der Waals surface area contributed by atoms with Crippen LogP contribution in [0.4, 0.5) is 33.2 Å². The van der Waals surface area contributed by atoms with Gasteiger partial charge < -0.3 is 29.6 Å². The number of para-hydroxylation sites is 1. The predicted octanol–water partition coefficient (Wildman–Crippen LogP) is 3.90. The van der Waals surface area contributed by atoms with Crippen LogP contribution in [0.2, 0.25) is 0 Å². The van der Waals surface area contributed by atoms with Gasteiger partial charge in [-0.15, -0.1) is 0 Å². The molecule has 0 aliphatic heterocycles. The second-order valence-corrected chi connectivity index (χ2v) is 8.79. The van der Waals surface area contributed by atoms with Gasteiger partial charge in [-0.05, 0) is 19.1 Å². The van der Waals surface area contributed by atoms with Crippen molar-refractivity contribution >= 4 is 38.9 Å². The van der Waals surface area contributed by atoms with Crippen molar-refractivity contribution in [2.45, 2.75) is 6.92 Å². The Balaban J connectivity index is 1.97. The molecule has 0 radical (unpaired) electrons. The van der Waals surface area contributed by atoms with Crippen LogP contribution in [-0.2, 0) is 10.0 Å². The van der Waals surface area contributed by atoms with Crippen molar-refractivity contribution in [3.63, 3.8) is 0 Å². The summed E-state index contributed by atoms with van der Waals surface area (Å²) in [5.41, 5.74) is 0.849. The molecule has 3 aromatic rings. The van der Waals surface area contributed by atoms with Crippen LogP contribution < -0.4 is 34.3 Å². The number of sulfonamides is 1. The number of rotatable bonds is 11. The van der Waals surface area contributed by atoms with E-state index in [1.165, 1.54) is 21.3 Å². The first-order valence-electron chi connectivity index (χ1n) is 10.3. The molecule has 1 heterocycles. The fourth-order valence-electron chi connectivity index (χ4n) is 3.13. The second kappa shape index (κ2) is 11.0. The van der Waals surface area contributed by atoms with E-state index in [2.05, 4.69) is 25.3 Å². The van der Waals surface area contributed by atoms with E-state index in [4.69, 9.17) is 18.9 Å². The minimum atomic E-state index is -3.65. The number of nitrogens with one attached hydrogen (secondary N) is 3. The Hall–Kier alpha value is -4.00. The Bertz CT molecular complexity index is 1280. The highest BCUT2D eigenvalue weighted by molar-refractivity contribution is 7.92. The quantitative estimate of drug-likeness (QED) is 0.351. The Morgan fingerprint density at radius 2 is 1.69 bits per heavy atom. The van der Waals surface area contributed by atoms with Gasteiger partial charge in [0.05, 0.1) is 46.1 Å². The number of anilines is 5. The fourth-order valence-corrected chi connectivity index (χ4v) is 3.71. The zero-order valence-electron chi connectivity index (χ0n) is 19.8. The van der Waals surface area contributed by atoms with E-state index in [0.717, 1.165) is 12.5 Å². The van der Waals surface area contributed by atoms with Gasteiger partial charge in [0.2, 0.25) is 21.7 Å². The van der Waals surface area contributed by atoms with Gasteiger partial charge in [-0.3, -0.25) is 4.72 Å². The molecule has 3 N–H and O–H groups in total. The first kappa shape index (κ1) is 25.6. The van der Waals surface area contributed by atoms with Crippen molar-refractivity contribution in [2.75, 3.05) is 49.5 Å². The van der Waals surface area contributed by atoms with Crippen LogP contribution in [0.1, 0.15) is 6.92 Å². The van der Waals surface area contributed by atoms with Crippen molar-refractivity contribution in [2.24, 2.45) is 0 Å². The zero-order chi connectivity index (χ0) is 25.6. The summed E-state index contributed by atoms with van der Waals surface area (Å²) >= 11 is 0. The van der Waals surface area contributed by atoms with E-state index in [1.807, 2.05) is 0 Å². The number of benzene rings is 2. The summed E-state index contributed by atoms with van der Waals surface area (Å²) in [6.07, 6.45) is 1.98.